The van der Waals surface area contributed by atoms with Crippen LogP contribution in [-0.4, -0.2) is 24.8 Å². The van der Waals surface area contributed by atoms with Gasteiger partial charge in [-0.3, -0.25) is 4.79 Å². The van der Waals surface area contributed by atoms with Crippen LogP contribution in [0, 0.1) is 16.7 Å². The maximum absolute atomic E-state index is 11.3. The van der Waals surface area contributed by atoms with E-state index in [2.05, 4.69) is 20.8 Å². The Kier molecular flexibility index (Phi) is 4.00. The Morgan fingerprint density at radius 3 is 2.19 bits per heavy atom. The normalized spacial score (nSPS) is 31.4. The van der Waals surface area contributed by atoms with Gasteiger partial charge in [-0.2, -0.15) is 0 Å². The smallest absolute Gasteiger partial charge is 0.311 e. The average Bonchev–Trinajstić information content (AvgIpc) is 2.17. The van der Waals surface area contributed by atoms with Gasteiger partial charge < -0.3 is 9.84 Å². The second kappa shape index (κ2) is 4.74. The maximum atomic E-state index is 11.3. The molecule has 0 unspecified atom stereocenters. The third-order valence-corrected chi connectivity index (χ3v) is 4.04. The molecule has 0 amide bonds. The van der Waals surface area contributed by atoms with Crippen molar-refractivity contribution >= 4 is 5.97 Å². The Hall–Kier alpha value is -0.570. The van der Waals surface area contributed by atoms with Gasteiger partial charge in [0, 0.05) is 7.11 Å². The van der Waals surface area contributed by atoms with E-state index in [-0.39, 0.29) is 5.41 Å². The molecular weight excluding hydrogens is 204 g/mol. The van der Waals surface area contributed by atoms with Crippen LogP contribution in [-0.2, 0) is 9.53 Å². The minimum atomic E-state index is -0.693. The summed E-state index contributed by atoms with van der Waals surface area (Å²) in [5.74, 6) is -0.0569. The molecule has 0 aromatic carbocycles. The molecule has 0 aromatic heterocycles. The number of carboxylic acid groups (broad SMARTS) is 1. The molecule has 3 heteroatoms. The third kappa shape index (κ3) is 2.76. The van der Waals surface area contributed by atoms with Gasteiger partial charge in [0.05, 0.1) is 12.0 Å². The molecule has 1 fully saturated rings. The fourth-order valence-corrected chi connectivity index (χ4v) is 2.73. The molecule has 1 aliphatic rings. The molecule has 0 atom stereocenters. The Morgan fingerprint density at radius 2 is 1.88 bits per heavy atom. The SMILES string of the molecule is COCC1(C(=O)O)CCC(C(C)(C)C)CC1. The minimum Gasteiger partial charge on any atom is -0.481 e. The highest BCUT2D eigenvalue weighted by Gasteiger charge is 2.44. The van der Waals surface area contributed by atoms with E-state index in [0.717, 1.165) is 25.7 Å². The van der Waals surface area contributed by atoms with Crippen molar-refractivity contribution in [2.75, 3.05) is 13.7 Å². The van der Waals surface area contributed by atoms with E-state index in [9.17, 15) is 9.90 Å². The van der Waals surface area contributed by atoms with Gasteiger partial charge in [0.2, 0.25) is 0 Å². The number of methoxy groups -OCH3 is 1. The summed E-state index contributed by atoms with van der Waals surface area (Å²) >= 11 is 0. The lowest BCUT2D eigenvalue weighted by Gasteiger charge is -2.41. The zero-order chi connectivity index (χ0) is 12.4. The topological polar surface area (TPSA) is 46.5 Å². The lowest BCUT2D eigenvalue weighted by Crippen LogP contribution is -2.41. The molecule has 16 heavy (non-hydrogen) atoms. The molecule has 0 saturated heterocycles. The van der Waals surface area contributed by atoms with Crippen LogP contribution in [0.2, 0.25) is 0 Å². The first-order valence-corrected chi connectivity index (χ1v) is 6.04. The number of rotatable bonds is 3. The number of carbonyl (C=O) groups is 1. The summed E-state index contributed by atoms with van der Waals surface area (Å²) in [6, 6.07) is 0. The second-order valence-corrected chi connectivity index (χ2v) is 6.16. The van der Waals surface area contributed by atoms with Crippen LogP contribution >= 0.6 is 0 Å². The molecule has 0 spiro atoms. The zero-order valence-electron chi connectivity index (χ0n) is 10.9. The summed E-state index contributed by atoms with van der Waals surface area (Å²) in [5.41, 5.74) is -0.339. The van der Waals surface area contributed by atoms with Crippen LogP contribution in [0.15, 0.2) is 0 Å². The van der Waals surface area contributed by atoms with Crippen LogP contribution in [0.3, 0.4) is 0 Å². The number of hydrogen-bond acceptors (Lipinski definition) is 2. The molecule has 1 aliphatic carbocycles. The summed E-state index contributed by atoms with van der Waals surface area (Å²) in [6.07, 6.45) is 3.49. The molecule has 94 valence electrons. The van der Waals surface area contributed by atoms with Crippen molar-refractivity contribution in [1.82, 2.24) is 0 Å². The average molecular weight is 228 g/mol. The van der Waals surface area contributed by atoms with Gasteiger partial charge in [-0.1, -0.05) is 20.8 Å². The van der Waals surface area contributed by atoms with Crippen molar-refractivity contribution in [2.24, 2.45) is 16.7 Å². The molecule has 3 nitrogen and oxygen atoms in total. The van der Waals surface area contributed by atoms with Crippen LogP contribution in [0.25, 0.3) is 0 Å². The number of aliphatic carboxylic acids is 1. The molecule has 0 aliphatic heterocycles. The van der Waals surface area contributed by atoms with Crippen molar-refractivity contribution < 1.29 is 14.6 Å². The predicted octanol–water partition coefficient (Wildman–Crippen LogP) is 2.94. The van der Waals surface area contributed by atoms with Crippen LogP contribution in [0.4, 0.5) is 0 Å². The third-order valence-electron chi connectivity index (χ3n) is 4.04. The molecule has 1 saturated carbocycles. The lowest BCUT2D eigenvalue weighted by molar-refractivity contribution is -0.156. The predicted molar refractivity (Wildman–Crippen MR) is 63.4 cm³/mol. The van der Waals surface area contributed by atoms with E-state index in [1.807, 2.05) is 0 Å². The summed E-state index contributed by atoms with van der Waals surface area (Å²) in [7, 11) is 1.58. The van der Waals surface area contributed by atoms with E-state index < -0.39 is 11.4 Å². The van der Waals surface area contributed by atoms with E-state index in [1.54, 1.807) is 7.11 Å². The zero-order valence-corrected chi connectivity index (χ0v) is 10.9. The van der Waals surface area contributed by atoms with Gasteiger partial charge in [0.25, 0.3) is 0 Å². The van der Waals surface area contributed by atoms with Crippen LogP contribution < -0.4 is 0 Å². The summed E-state index contributed by atoms with van der Waals surface area (Å²) < 4.78 is 5.09. The maximum Gasteiger partial charge on any atom is 0.311 e. The number of ether oxygens (including phenoxy) is 1. The van der Waals surface area contributed by atoms with E-state index in [1.165, 1.54) is 0 Å². The van der Waals surface area contributed by atoms with Crippen LogP contribution in [0.5, 0.6) is 0 Å². The molecule has 1 rings (SSSR count). The second-order valence-electron chi connectivity index (χ2n) is 6.16. The molecule has 0 aromatic rings. The highest BCUT2D eigenvalue weighted by Crippen LogP contribution is 2.45. The highest BCUT2D eigenvalue weighted by molar-refractivity contribution is 5.74. The quantitative estimate of drug-likeness (QED) is 0.807. The molecule has 0 heterocycles. The lowest BCUT2D eigenvalue weighted by atomic mass is 9.64. The molecule has 1 N–H and O–H groups in total. The van der Waals surface area contributed by atoms with Gasteiger partial charge in [0.15, 0.2) is 0 Å². The minimum absolute atomic E-state index is 0.289. The Balaban J connectivity index is 2.67. The van der Waals surface area contributed by atoms with Gasteiger partial charge in [-0.05, 0) is 37.0 Å². The first-order chi connectivity index (χ1) is 7.32. The standard InChI is InChI=1S/C13H24O3/c1-12(2,3)10-5-7-13(8-6-10,9-16-4)11(14)15/h10H,5-9H2,1-4H3,(H,14,15). The van der Waals surface area contributed by atoms with Gasteiger partial charge in [0.1, 0.15) is 0 Å². The monoisotopic (exact) mass is 228 g/mol. The van der Waals surface area contributed by atoms with Gasteiger partial charge >= 0.3 is 5.97 Å². The molecule has 0 radical (unpaired) electrons. The number of hydrogen-bond donors (Lipinski definition) is 1. The van der Waals surface area contributed by atoms with Crippen molar-refractivity contribution in [3.05, 3.63) is 0 Å². The Labute approximate surface area is 98.2 Å². The highest BCUT2D eigenvalue weighted by atomic mass is 16.5. The van der Waals surface area contributed by atoms with Gasteiger partial charge in [-0.15, -0.1) is 0 Å². The first-order valence-electron chi connectivity index (χ1n) is 6.04. The first kappa shape index (κ1) is 13.5. The fraction of sp³-hybridized carbons (Fsp3) is 0.923. The summed E-state index contributed by atoms with van der Waals surface area (Å²) in [5, 5.41) is 9.33. The van der Waals surface area contributed by atoms with E-state index in [0.29, 0.717) is 12.5 Å². The fourth-order valence-electron chi connectivity index (χ4n) is 2.73. The summed E-state index contributed by atoms with van der Waals surface area (Å²) in [6.45, 7) is 7.06. The van der Waals surface area contributed by atoms with Crippen molar-refractivity contribution in [3.8, 4) is 0 Å². The van der Waals surface area contributed by atoms with E-state index in [4.69, 9.17) is 4.74 Å². The van der Waals surface area contributed by atoms with Crippen molar-refractivity contribution in [3.63, 3.8) is 0 Å². The molecular formula is C13H24O3. The number of carboxylic acids is 1. The molecule has 0 bridgehead atoms. The van der Waals surface area contributed by atoms with Crippen molar-refractivity contribution in [1.29, 1.82) is 0 Å². The largest absolute Gasteiger partial charge is 0.481 e. The van der Waals surface area contributed by atoms with Gasteiger partial charge in [-0.25, -0.2) is 0 Å². The summed E-state index contributed by atoms with van der Waals surface area (Å²) in [4.78, 5) is 11.3. The van der Waals surface area contributed by atoms with Crippen LogP contribution in [0.1, 0.15) is 46.5 Å². The van der Waals surface area contributed by atoms with Crippen molar-refractivity contribution in [2.45, 2.75) is 46.5 Å². The Morgan fingerprint density at radius 1 is 1.38 bits per heavy atom. The van der Waals surface area contributed by atoms with E-state index >= 15 is 0 Å². The Bertz CT molecular complexity index is 244.